The van der Waals surface area contributed by atoms with Crippen molar-refractivity contribution in [2.45, 2.75) is 18.0 Å². The van der Waals surface area contributed by atoms with Gasteiger partial charge in [0.25, 0.3) is 0 Å². The van der Waals surface area contributed by atoms with Crippen molar-refractivity contribution in [1.82, 2.24) is 15.0 Å². The molecular weight excluding hydrogens is 439 g/mol. The Hall–Kier alpha value is -2.06. The number of halogens is 4. The van der Waals surface area contributed by atoms with Gasteiger partial charge in [0.1, 0.15) is 0 Å². The molecule has 4 rings (SSSR count). The molecule has 3 aromatic heterocycles. The lowest BCUT2D eigenvalue weighted by Gasteiger charge is -2.04. The number of thioether (sulfide) groups is 1. The van der Waals surface area contributed by atoms with Crippen LogP contribution in [0.1, 0.15) is 12.5 Å². The number of pyridine rings is 2. The summed E-state index contributed by atoms with van der Waals surface area (Å²) in [7, 11) is 0. The fraction of sp³-hybridized carbons (Fsp3) is 0.158. The third-order valence-electron chi connectivity index (χ3n) is 3.66. The molecule has 4 aromatic rings. The zero-order valence-corrected chi connectivity index (χ0v) is 16.6. The number of aromatic nitrogens is 3. The van der Waals surface area contributed by atoms with Gasteiger partial charge in [0.15, 0.2) is 0 Å². The molecule has 0 saturated carbocycles. The minimum atomic E-state index is -4.33. The van der Waals surface area contributed by atoms with Crippen molar-refractivity contribution >= 4 is 49.6 Å². The Kier molecular flexibility index (Phi) is 6.06. The monoisotopic (exact) mass is 453 g/mol. The molecule has 0 spiro atoms. The van der Waals surface area contributed by atoms with Crippen molar-refractivity contribution in [2.24, 2.45) is 0 Å². The summed E-state index contributed by atoms with van der Waals surface area (Å²) in [6, 6.07) is 11.0. The lowest BCUT2D eigenvalue weighted by Crippen LogP contribution is -2.04. The summed E-state index contributed by atoms with van der Waals surface area (Å²) < 4.78 is 37.6. The molecule has 0 fully saturated rings. The zero-order valence-electron chi connectivity index (χ0n) is 14.2. The van der Waals surface area contributed by atoms with E-state index in [0.717, 1.165) is 28.0 Å². The topological polar surface area (TPSA) is 41.6 Å². The highest BCUT2D eigenvalue weighted by atomic mass is 79.9. The van der Waals surface area contributed by atoms with E-state index in [1.54, 1.807) is 12.3 Å². The summed E-state index contributed by atoms with van der Waals surface area (Å²) in [4.78, 5) is 12.0. The van der Waals surface area contributed by atoms with Gasteiger partial charge in [-0.1, -0.05) is 28.9 Å². The second-order valence-electron chi connectivity index (χ2n) is 5.57. The molecule has 0 aliphatic rings. The van der Waals surface area contributed by atoms with Crippen molar-refractivity contribution in [3.05, 3.63) is 65.0 Å². The summed E-state index contributed by atoms with van der Waals surface area (Å²) in [6.45, 7) is 2.15. The Morgan fingerprint density at radius 3 is 2.56 bits per heavy atom. The summed E-state index contributed by atoms with van der Waals surface area (Å²) in [5.74, 6) is 1.09. The Morgan fingerprint density at radius 2 is 1.81 bits per heavy atom. The number of benzene rings is 1. The van der Waals surface area contributed by atoms with Gasteiger partial charge in [-0.05, 0) is 36.1 Å². The molecule has 0 amide bonds. The second-order valence-corrected chi connectivity index (χ2v) is 7.83. The van der Waals surface area contributed by atoms with Gasteiger partial charge in [-0.15, -0.1) is 11.8 Å². The SMILES string of the molecule is CCSc1cnc2cc(Br)ccc2c1.FC(F)(F)c1cnc2cc[nH]c2c1. The number of fused-ring (bicyclic) bond motifs is 2. The Labute approximate surface area is 166 Å². The lowest BCUT2D eigenvalue weighted by atomic mass is 10.2. The van der Waals surface area contributed by atoms with E-state index in [1.165, 1.54) is 10.3 Å². The molecule has 0 aliphatic heterocycles. The molecule has 0 bridgehead atoms. The van der Waals surface area contributed by atoms with Crippen LogP contribution in [0.15, 0.2) is 64.4 Å². The van der Waals surface area contributed by atoms with E-state index in [0.29, 0.717) is 11.0 Å². The van der Waals surface area contributed by atoms with Crippen molar-refractivity contribution in [1.29, 1.82) is 0 Å². The van der Waals surface area contributed by atoms with Crippen LogP contribution in [-0.4, -0.2) is 20.7 Å². The van der Waals surface area contributed by atoms with Crippen molar-refractivity contribution in [3.63, 3.8) is 0 Å². The van der Waals surface area contributed by atoms with E-state index >= 15 is 0 Å². The second kappa shape index (κ2) is 8.31. The first-order chi connectivity index (χ1) is 12.9. The molecule has 0 saturated heterocycles. The number of alkyl halides is 3. The largest absolute Gasteiger partial charge is 0.417 e. The highest BCUT2D eigenvalue weighted by molar-refractivity contribution is 9.10. The molecule has 1 aromatic carbocycles. The number of hydrogen-bond donors (Lipinski definition) is 1. The molecule has 0 unspecified atom stereocenters. The number of aromatic amines is 1. The van der Waals surface area contributed by atoms with Crippen LogP contribution in [0, 0.1) is 0 Å². The molecular formula is C19H15BrF3N3S. The summed E-state index contributed by atoms with van der Waals surface area (Å²) in [5.41, 5.74) is 1.24. The molecule has 27 heavy (non-hydrogen) atoms. The van der Waals surface area contributed by atoms with Crippen molar-refractivity contribution in [3.8, 4) is 0 Å². The Bertz CT molecular complexity index is 1060. The average molecular weight is 454 g/mol. The van der Waals surface area contributed by atoms with E-state index in [2.05, 4.69) is 49.9 Å². The van der Waals surface area contributed by atoms with Crippen molar-refractivity contribution in [2.75, 3.05) is 5.75 Å². The maximum absolute atomic E-state index is 12.2. The van der Waals surface area contributed by atoms with Gasteiger partial charge in [-0.3, -0.25) is 9.97 Å². The third-order valence-corrected chi connectivity index (χ3v) is 5.00. The quantitative estimate of drug-likeness (QED) is 0.343. The highest BCUT2D eigenvalue weighted by Crippen LogP contribution is 2.30. The molecule has 3 nitrogen and oxygen atoms in total. The fourth-order valence-corrected chi connectivity index (χ4v) is 3.43. The van der Waals surface area contributed by atoms with Crippen LogP contribution in [0.3, 0.4) is 0 Å². The van der Waals surface area contributed by atoms with Gasteiger partial charge in [-0.2, -0.15) is 13.2 Å². The first-order valence-electron chi connectivity index (χ1n) is 8.05. The predicted octanol–water partition coefficient (Wildman–Crippen LogP) is 6.69. The van der Waals surface area contributed by atoms with Gasteiger partial charge >= 0.3 is 6.18 Å². The van der Waals surface area contributed by atoms with Crippen LogP contribution in [0.2, 0.25) is 0 Å². The molecule has 1 N–H and O–H groups in total. The first-order valence-corrected chi connectivity index (χ1v) is 9.83. The predicted molar refractivity (Wildman–Crippen MR) is 107 cm³/mol. The standard InChI is InChI=1S/C11H10BrNS.C8H5F3N2/c1-2-14-10-5-8-3-4-9(12)6-11(8)13-7-10;9-8(10,11)5-3-7-6(13-4-5)1-2-12-7/h3-7H,2H2,1H3;1-4,12H. The summed E-state index contributed by atoms with van der Waals surface area (Å²) in [5, 5.41) is 1.20. The van der Waals surface area contributed by atoms with Crippen LogP contribution in [0.4, 0.5) is 13.2 Å². The van der Waals surface area contributed by atoms with Gasteiger partial charge in [0.05, 0.1) is 22.1 Å². The molecule has 3 heterocycles. The van der Waals surface area contributed by atoms with Gasteiger partial charge in [0, 0.05) is 33.3 Å². The van der Waals surface area contributed by atoms with Crippen LogP contribution in [-0.2, 0) is 6.18 Å². The first kappa shape index (κ1) is 19.7. The molecule has 140 valence electrons. The number of hydrogen-bond acceptors (Lipinski definition) is 3. The van der Waals surface area contributed by atoms with Crippen LogP contribution in [0.5, 0.6) is 0 Å². The smallest absolute Gasteiger partial charge is 0.360 e. The fourth-order valence-electron chi connectivity index (χ4n) is 2.41. The van der Waals surface area contributed by atoms with E-state index in [1.807, 2.05) is 30.1 Å². The molecule has 0 atom stereocenters. The van der Waals surface area contributed by atoms with E-state index < -0.39 is 11.7 Å². The number of H-pyrrole nitrogens is 1. The maximum atomic E-state index is 12.2. The summed E-state index contributed by atoms with van der Waals surface area (Å²) >= 11 is 5.26. The number of nitrogens with one attached hydrogen (secondary N) is 1. The number of nitrogens with zero attached hydrogens (tertiary/aromatic N) is 2. The normalized spacial score (nSPS) is 11.4. The van der Waals surface area contributed by atoms with Crippen LogP contribution >= 0.6 is 27.7 Å². The van der Waals surface area contributed by atoms with Gasteiger partial charge < -0.3 is 4.98 Å². The lowest BCUT2D eigenvalue weighted by molar-refractivity contribution is -0.137. The van der Waals surface area contributed by atoms with E-state index in [-0.39, 0.29) is 0 Å². The van der Waals surface area contributed by atoms with Gasteiger partial charge in [-0.25, -0.2) is 0 Å². The minimum Gasteiger partial charge on any atom is -0.360 e. The Morgan fingerprint density at radius 1 is 1.04 bits per heavy atom. The van der Waals surface area contributed by atoms with Crippen molar-refractivity contribution < 1.29 is 13.2 Å². The maximum Gasteiger partial charge on any atom is 0.417 e. The minimum absolute atomic E-state index is 0.398. The van der Waals surface area contributed by atoms with E-state index in [9.17, 15) is 13.2 Å². The molecule has 0 aliphatic carbocycles. The zero-order chi connectivity index (χ0) is 19.4. The van der Waals surface area contributed by atoms with E-state index in [4.69, 9.17) is 0 Å². The number of rotatable bonds is 2. The van der Waals surface area contributed by atoms with Gasteiger partial charge in [0.2, 0.25) is 0 Å². The third kappa shape index (κ3) is 5.01. The average Bonchev–Trinajstić information content (AvgIpc) is 3.10. The highest BCUT2D eigenvalue weighted by Gasteiger charge is 2.31. The molecule has 8 heteroatoms. The summed E-state index contributed by atoms with van der Waals surface area (Å²) in [6.07, 6.45) is -0.0107. The Balaban J connectivity index is 0.000000156. The van der Waals surface area contributed by atoms with Crippen LogP contribution in [0.25, 0.3) is 21.9 Å². The van der Waals surface area contributed by atoms with Crippen LogP contribution < -0.4 is 0 Å². The molecule has 0 radical (unpaired) electrons.